The molecule has 0 fully saturated rings. The number of rotatable bonds is 4. The normalized spacial score (nSPS) is 10.1. The Morgan fingerprint density at radius 2 is 2.15 bits per heavy atom. The first-order valence-corrected chi connectivity index (χ1v) is 5.16. The fraction of sp³-hybridized carbons (Fsp3) is 0. The van der Waals surface area contributed by atoms with E-state index in [1.165, 1.54) is 0 Å². The molecule has 1 aromatic heterocycles. The molecule has 0 atom stereocenters. The number of aromatic carboxylic acids is 1. The molecule has 0 saturated heterocycles. The Labute approximate surface area is 110 Å². The molecule has 0 aliphatic carbocycles. The minimum Gasteiger partial charge on any atom is -0.477 e. The van der Waals surface area contributed by atoms with Gasteiger partial charge < -0.3 is 9.84 Å². The molecule has 0 unspecified atom stereocenters. The maximum absolute atomic E-state index is 13.0. The van der Waals surface area contributed by atoms with Gasteiger partial charge in [0.05, 0.1) is 17.2 Å². The summed E-state index contributed by atoms with van der Waals surface area (Å²) in [5.41, 5.74) is -0.967. The predicted molar refractivity (Wildman–Crippen MR) is 62.1 cm³/mol. The highest BCUT2D eigenvalue weighted by Gasteiger charge is 2.20. The van der Waals surface area contributed by atoms with Crippen molar-refractivity contribution < 1.29 is 24.0 Å². The van der Waals surface area contributed by atoms with Gasteiger partial charge in [-0.15, -0.1) is 5.10 Å². The molecule has 0 amide bonds. The van der Waals surface area contributed by atoms with Crippen molar-refractivity contribution >= 4 is 11.7 Å². The second-order valence-electron chi connectivity index (χ2n) is 3.53. The van der Waals surface area contributed by atoms with Crippen LogP contribution in [0.15, 0.2) is 30.5 Å². The Morgan fingerprint density at radius 1 is 1.40 bits per heavy atom. The number of nitro benzene ring substituents is 1. The van der Waals surface area contributed by atoms with Crippen molar-refractivity contribution in [3.63, 3.8) is 0 Å². The van der Waals surface area contributed by atoms with Crippen molar-refractivity contribution in [2.45, 2.75) is 0 Å². The van der Waals surface area contributed by atoms with E-state index in [0.29, 0.717) is 6.07 Å². The first-order chi connectivity index (χ1) is 9.49. The van der Waals surface area contributed by atoms with Crippen LogP contribution < -0.4 is 4.74 Å². The Hall–Kier alpha value is -3.10. The Morgan fingerprint density at radius 3 is 2.80 bits per heavy atom. The maximum Gasteiger partial charge on any atom is 0.341 e. The smallest absolute Gasteiger partial charge is 0.341 e. The van der Waals surface area contributed by atoms with Gasteiger partial charge in [0.2, 0.25) is 5.75 Å². The van der Waals surface area contributed by atoms with E-state index in [-0.39, 0.29) is 11.3 Å². The summed E-state index contributed by atoms with van der Waals surface area (Å²) in [4.78, 5) is 20.9. The lowest BCUT2D eigenvalue weighted by atomic mass is 10.2. The van der Waals surface area contributed by atoms with Crippen LogP contribution in [0.2, 0.25) is 0 Å². The number of carboxylic acids is 1. The van der Waals surface area contributed by atoms with Crippen molar-refractivity contribution in [1.82, 2.24) is 10.2 Å². The van der Waals surface area contributed by atoms with Crippen LogP contribution in [0.4, 0.5) is 10.1 Å². The first-order valence-electron chi connectivity index (χ1n) is 5.16. The molecule has 1 heterocycles. The van der Waals surface area contributed by atoms with Crippen LogP contribution in [0.3, 0.4) is 0 Å². The van der Waals surface area contributed by atoms with Gasteiger partial charge in [-0.25, -0.2) is 9.18 Å². The summed E-state index contributed by atoms with van der Waals surface area (Å²) in [7, 11) is 0. The summed E-state index contributed by atoms with van der Waals surface area (Å²) in [6, 6.07) is 3.74. The summed E-state index contributed by atoms with van der Waals surface area (Å²) in [5, 5.41) is 26.6. The van der Waals surface area contributed by atoms with Crippen LogP contribution in [0, 0.1) is 15.9 Å². The molecule has 102 valence electrons. The van der Waals surface area contributed by atoms with Gasteiger partial charge >= 0.3 is 11.7 Å². The highest BCUT2D eigenvalue weighted by molar-refractivity contribution is 5.90. The largest absolute Gasteiger partial charge is 0.477 e. The van der Waals surface area contributed by atoms with E-state index < -0.39 is 28.3 Å². The second-order valence-corrected chi connectivity index (χ2v) is 3.53. The van der Waals surface area contributed by atoms with Crippen molar-refractivity contribution in [2.75, 3.05) is 0 Å². The minimum absolute atomic E-state index is 0.321. The number of carbonyl (C=O) groups is 1. The quantitative estimate of drug-likeness (QED) is 0.672. The molecular weight excluding hydrogens is 273 g/mol. The third-order valence-electron chi connectivity index (χ3n) is 2.24. The molecule has 2 aromatic rings. The zero-order chi connectivity index (χ0) is 14.7. The van der Waals surface area contributed by atoms with E-state index in [0.717, 1.165) is 24.4 Å². The topological polar surface area (TPSA) is 115 Å². The Kier molecular flexibility index (Phi) is 3.51. The summed E-state index contributed by atoms with van der Waals surface area (Å²) in [5.74, 6) is -2.91. The summed E-state index contributed by atoms with van der Waals surface area (Å²) in [6.45, 7) is 0. The summed E-state index contributed by atoms with van der Waals surface area (Å²) in [6.07, 6.45) is 1.13. The van der Waals surface area contributed by atoms with E-state index in [9.17, 15) is 19.3 Å². The zero-order valence-electron chi connectivity index (χ0n) is 9.69. The van der Waals surface area contributed by atoms with Gasteiger partial charge in [-0.1, -0.05) is 0 Å². The van der Waals surface area contributed by atoms with Crippen LogP contribution >= 0.6 is 0 Å². The van der Waals surface area contributed by atoms with Gasteiger partial charge in [-0.2, -0.15) is 5.10 Å². The number of ether oxygens (including phenoxy) is 1. The fourth-order valence-electron chi connectivity index (χ4n) is 1.38. The number of hydrogen-bond donors (Lipinski definition) is 1. The molecular formula is C11H6FN3O5. The lowest BCUT2D eigenvalue weighted by Crippen LogP contribution is -2.04. The molecule has 1 aromatic carbocycles. The average molecular weight is 279 g/mol. The number of halogens is 1. The molecule has 0 radical (unpaired) electrons. The van der Waals surface area contributed by atoms with Gasteiger partial charge in [-0.05, 0) is 18.2 Å². The fourth-order valence-corrected chi connectivity index (χ4v) is 1.38. The van der Waals surface area contributed by atoms with Crippen molar-refractivity contribution in [1.29, 1.82) is 0 Å². The van der Waals surface area contributed by atoms with Gasteiger partial charge in [0.25, 0.3) is 5.88 Å². The molecule has 2 rings (SSSR count). The molecule has 0 aliphatic heterocycles. The van der Waals surface area contributed by atoms with Gasteiger partial charge in [0.15, 0.2) is 0 Å². The second kappa shape index (κ2) is 5.26. The molecule has 9 heteroatoms. The number of carboxylic acid groups (broad SMARTS) is 1. The van der Waals surface area contributed by atoms with Crippen molar-refractivity contribution in [3.05, 3.63) is 52.0 Å². The van der Waals surface area contributed by atoms with E-state index in [2.05, 4.69) is 10.2 Å². The van der Waals surface area contributed by atoms with Crippen molar-refractivity contribution in [3.8, 4) is 11.6 Å². The monoisotopic (exact) mass is 279 g/mol. The maximum atomic E-state index is 13.0. The van der Waals surface area contributed by atoms with Gasteiger partial charge in [-0.3, -0.25) is 10.1 Å². The molecule has 20 heavy (non-hydrogen) atoms. The molecule has 0 aliphatic rings. The third kappa shape index (κ3) is 2.66. The highest BCUT2D eigenvalue weighted by atomic mass is 19.1. The third-order valence-corrected chi connectivity index (χ3v) is 2.24. The zero-order valence-corrected chi connectivity index (χ0v) is 9.69. The lowest BCUT2D eigenvalue weighted by Gasteiger charge is -2.06. The molecule has 1 N–H and O–H groups in total. The van der Waals surface area contributed by atoms with E-state index in [1.807, 2.05) is 0 Å². The molecule has 0 spiro atoms. The summed E-state index contributed by atoms with van der Waals surface area (Å²) < 4.78 is 18.0. The summed E-state index contributed by atoms with van der Waals surface area (Å²) >= 11 is 0. The van der Waals surface area contributed by atoms with Gasteiger partial charge in [0.1, 0.15) is 11.4 Å². The number of aromatic nitrogens is 2. The lowest BCUT2D eigenvalue weighted by molar-refractivity contribution is -0.385. The predicted octanol–water partition coefficient (Wildman–Crippen LogP) is 2.01. The Bertz CT molecular complexity index is 692. The van der Waals surface area contributed by atoms with E-state index in [4.69, 9.17) is 9.84 Å². The average Bonchev–Trinajstić information content (AvgIpc) is 2.41. The molecule has 0 saturated carbocycles. The first kappa shape index (κ1) is 13.3. The molecule has 8 nitrogen and oxygen atoms in total. The van der Waals surface area contributed by atoms with E-state index in [1.54, 1.807) is 0 Å². The molecule has 0 bridgehead atoms. The number of nitro groups is 1. The van der Waals surface area contributed by atoms with Gasteiger partial charge in [0, 0.05) is 0 Å². The number of hydrogen-bond acceptors (Lipinski definition) is 6. The van der Waals surface area contributed by atoms with Crippen LogP contribution in [0.5, 0.6) is 11.6 Å². The highest BCUT2D eigenvalue weighted by Crippen LogP contribution is 2.32. The minimum atomic E-state index is -1.33. The number of nitrogens with zero attached hydrogens (tertiary/aromatic N) is 3. The van der Waals surface area contributed by atoms with Crippen molar-refractivity contribution in [2.24, 2.45) is 0 Å². The van der Waals surface area contributed by atoms with E-state index >= 15 is 0 Å². The standard InChI is InChI=1S/C11H6FN3O5/c12-6-1-2-9(8(5-6)15(18)19)20-10-7(11(16)17)3-4-13-14-10/h1-5H,(H,16,17). The number of benzene rings is 1. The SMILES string of the molecule is O=C(O)c1ccnnc1Oc1ccc(F)cc1[N+](=O)[O-]. The Balaban J connectivity index is 2.45. The van der Waals surface area contributed by atoms with Crippen LogP contribution in [0.1, 0.15) is 10.4 Å². The van der Waals surface area contributed by atoms with Crippen LogP contribution in [-0.4, -0.2) is 26.2 Å². The van der Waals surface area contributed by atoms with Crippen LogP contribution in [0.25, 0.3) is 0 Å². The van der Waals surface area contributed by atoms with Crippen LogP contribution in [-0.2, 0) is 0 Å².